The van der Waals surface area contributed by atoms with Crippen molar-refractivity contribution < 1.29 is 34.0 Å². The molecule has 0 spiro atoms. The zero-order chi connectivity index (χ0) is 29.9. The molecule has 38 heavy (non-hydrogen) atoms. The van der Waals surface area contributed by atoms with Crippen LogP contribution >= 0.6 is 0 Å². The molecule has 7 rings (SSSR count). The van der Waals surface area contributed by atoms with Gasteiger partial charge in [0.2, 0.25) is 0 Å². The molecule has 0 saturated heterocycles. The molecule has 6 heteroatoms. The Hall–Kier alpha value is -4.21. The smallest absolute Gasteiger partial charge is 0.188 e. The topological polar surface area (TPSA) is 36.9 Å². The fourth-order valence-electron chi connectivity index (χ4n) is 4.77. The van der Waals surface area contributed by atoms with Crippen molar-refractivity contribution in [2.45, 2.75) is 6.85 Å². The Balaban J connectivity index is 0.00000343. The third-order valence-corrected chi connectivity index (χ3v) is 6.40. The molecule has 0 radical (unpaired) electrons. The number of rotatable bonds is 4. The number of nitrogens with zero attached hydrogens (tertiary/aromatic N) is 4. The predicted molar refractivity (Wildman–Crippen MR) is 148 cm³/mol. The summed E-state index contributed by atoms with van der Waals surface area (Å²) in [6, 6.07) is 34.0. The molecule has 0 aliphatic carbocycles. The van der Waals surface area contributed by atoms with Crippen molar-refractivity contribution in [3.8, 4) is 23.0 Å². The van der Waals surface area contributed by atoms with Crippen molar-refractivity contribution in [3.05, 3.63) is 121 Å². The summed E-state index contributed by atoms with van der Waals surface area (Å²) in [6.07, 6.45) is 3.05. The molecule has 0 N–H and O–H groups in total. The van der Waals surface area contributed by atoms with Gasteiger partial charge in [-0.3, -0.25) is 0 Å². The van der Waals surface area contributed by atoms with Gasteiger partial charge in [0, 0.05) is 77.3 Å². The van der Waals surface area contributed by atoms with Gasteiger partial charge in [0.05, 0.1) is 0 Å². The van der Waals surface area contributed by atoms with E-state index in [1.807, 2.05) is 65.2 Å². The number of fused-ring (bicyclic) bond motifs is 4. The Kier molecular flexibility index (Phi) is 4.57. The van der Waals surface area contributed by atoms with Crippen LogP contribution in [0.25, 0.3) is 44.3 Å². The number of hydrogen-bond donors (Lipinski definition) is 0. The maximum absolute atomic E-state index is 7.96. The van der Waals surface area contributed by atoms with E-state index in [1.165, 1.54) is 16.8 Å². The minimum Gasteiger partial charge on any atom is -0.508 e. The Morgan fingerprint density at radius 3 is 2.50 bits per heavy atom. The van der Waals surface area contributed by atoms with Crippen molar-refractivity contribution in [1.82, 2.24) is 18.7 Å². The Bertz CT molecular complexity index is 2170. The third-order valence-electron chi connectivity index (χ3n) is 6.40. The largest absolute Gasteiger partial charge is 0.508 e. The predicted octanol–water partition coefficient (Wildman–Crippen LogP) is 7.44. The molecular weight excluding hydrogens is 651 g/mol. The number of imidazole rings is 1. The zero-order valence-corrected chi connectivity index (χ0v) is 22.1. The molecule has 7 aromatic rings. The van der Waals surface area contributed by atoms with Gasteiger partial charge in [-0.2, -0.15) is 12.1 Å². The molecule has 0 aliphatic heterocycles. The molecule has 0 aliphatic rings. The maximum Gasteiger partial charge on any atom is 0.188 e. The van der Waals surface area contributed by atoms with E-state index >= 15 is 0 Å². The second-order valence-corrected chi connectivity index (χ2v) is 8.69. The van der Waals surface area contributed by atoms with E-state index in [0.29, 0.717) is 34.0 Å². The van der Waals surface area contributed by atoms with Crippen molar-refractivity contribution in [2.24, 2.45) is 6.98 Å². The Morgan fingerprint density at radius 2 is 1.63 bits per heavy atom. The summed E-state index contributed by atoms with van der Waals surface area (Å²) in [7, 11) is 0. The van der Waals surface area contributed by atoms with Gasteiger partial charge in [0.1, 0.15) is 5.82 Å². The first-order chi connectivity index (χ1) is 20.6. The minimum absolute atomic E-state index is 0. The first-order valence-electron chi connectivity index (χ1n) is 14.7. The molecule has 0 saturated carbocycles. The van der Waals surface area contributed by atoms with Gasteiger partial charge in [-0.1, -0.05) is 29.8 Å². The molecule has 0 bridgehead atoms. The molecular formula is C32H23N4OPt-. The Morgan fingerprint density at radius 1 is 0.816 bits per heavy atom. The quantitative estimate of drug-likeness (QED) is 0.181. The summed E-state index contributed by atoms with van der Waals surface area (Å²) in [4.78, 5) is 4.50. The SMILES string of the molecule is [2H]C([2H])([2H])c1ccnc(-n2c3[c-]c(Oc4[c-]c(-n5[cH+]n(C([2H])([2H])[2H])c6ccccc65)ccc4)ccc3c3ccccc32)c1.[Pt]. The molecule has 0 atom stereocenters. The molecule has 0 fully saturated rings. The van der Waals surface area contributed by atoms with Crippen LogP contribution in [0.2, 0.25) is 0 Å². The summed E-state index contributed by atoms with van der Waals surface area (Å²) in [5.41, 5.74) is 3.63. The van der Waals surface area contributed by atoms with Crippen LogP contribution < -0.4 is 4.74 Å². The van der Waals surface area contributed by atoms with E-state index in [9.17, 15) is 0 Å². The average molecular weight is 681 g/mol. The molecule has 3 aromatic heterocycles. The van der Waals surface area contributed by atoms with Crippen LogP contribution in [0.15, 0.2) is 104 Å². The molecule has 4 aromatic carbocycles. The average Bonchev–Trinajstić information content (AvgIpc) is 3.53. The first kappa shape index (κ1) is 18.1. The maximum atomic E-state index is 7.96. The Labute approximate surface area is 243 Å². The molecule has 0 amide bonds. The zero-order valence-electron chi connectivity index (χ0n) is 25.8. The van der Waals surface area contributed by atoms with Gasteiger partial charge in [-0.15, -0.1) is 29.7 Å². The van der Waals surface area contributed by atoms with Crippen LogP contribution in [0, 0.1) is 19.0 Å². The summed E-state index contributed by atoms with van der Waals surface area (Å²) in [5, 5.41) is 1.88. The molecule has 3 heterocycles. The van der Waals surface area contributed by atoms with Crippen LogP contribution in [-0.2, 0) is 28.0 Å². The first-order valence-corrected chi connectivity index (χ1v) is 11.7. The summed E-state index contributed by atoms with van der Waals surface area (Å²) in [5.74, 6) is 1.30. The van der Waals surface area contributed by atoms with Crippen LogP contribution in [0.5, 0.6) is 11.5 Å². The summed E-state index contributed by atoms with van der Waals surface area (Å²) < 4.78 is 58.6. The van der Waals surface area contributed by atoms with Gasteiger partial charge < -0.3 is 9.30 Å². The van der Waals surface area contributed by atoms with Gasteiger partial charge in [0.25, 0.3) is 0 Å². The van der Waals surface area contributed by atoms with Crippen molar-refractivity contribution >= 4 is 32.8 Å². The third kappa shape index (κ3) is 4.00. The van der Waals surface area contributed by atoms with E-state index in [2.05, 4.69) is 17.1 Å². The van der Waals surface area contributed by atoms with E-state index in [1.54, 1.807) is 35.2 Å². The van der Waals surface area contributed by atoms with E-state index < -0.39 is 13.8 Å². The minimum atomic E-state index is -2.35. The summed E-state index contributed by atoms with van der Waals surface area (Å²) in [6.45, 7) is -4.62. The number of benzene rings is 4. The van der Waals surface area contributed by atoms with E-state index in [-0.39, 0.29) is 26.6 Å². The van der Waals surface area contributed by atoms with Crippen LogP contribution in [-0.4, -0.2) is 18.7 Å². The standard InChI is InChI=1S/C32H23N4O.Pt/c1-22-16-17-33-32(18-22)36-28-11-4-3-10-26(28)27-15-14-25(20-31(27)36)37-24-9-7-8-23(19-24)35-21-34(2)29-12-5-6-13-30(29)35;/h3-18,21H,1-2H3;/q-1;/i1D3,2D3;. The number of ether oxygens (including phenoxy) is 1. The van der Waals surface area contributed by atoms with E-state index in [0.717, 1.165) is 21.8 Å². The second-order valence-electron chi connectivity index (χ2n) is 8.69. The van der Waals surface area contributed by atoms with Crippen molar-refractivity contribution in [2.75, 3.05) is 0 Å². The van der Waals surface area contributed by atoms with Gasteiger partial charge in [-0.05, 0) is 48.1 Å². The number of para-hydroxylation sites is 3. The van der Waals surface area contributed by atoms with Crippen molar-refractivity contribution in [1.29, 1.82) is 0 Å². The van der Waals surface area contributed by atoms with Crippen LogP contribution in [0.1, 0.15) is 13.8 Å². The number of hydrogen-bond acceptors (Lipinski definition) is 2. The second kappa shape index (κ2) is 9.59. The summed E-state index contributed by atoms with van der Waals surface area (Å²) >= 11 is 0. The van der Waals surface area contributed by atoms with E-state index in [4.69, 9.17) is 13.0 Å². The number of aromatic nitrogens is 4. The molecule has 0 unspecified atom stereocenters. The van der Waals surface area contributed by atoms with Crippen LogP contribution in [0.4, 0.5) is 0 Å². The number of aryl methyl sites for hydroxylation is 2. The fraction of sp³-hybridized carbons (Fsp3) is 0.0625. The van der Waals surface area contributed by atoms with Gasteiger partial charge in [-0.25, -0.2) is 14.1 Å². The van der Waals surface area contributed by atoms with Gasteiger partial charge in [0.15, 0.2) is 17.4 Å². The van der Waals surface area contributed by atoms with Crippen LogP contribution in [0.3, 0.4) is 0 Å². The van der Waals surface area contributed by atoms with Gasteiger partial charge >= 0.3 is 0 Å². The fourth-order valence-corrected chi connectivity index (χ4v) is 4.77. The molecule has 5 nitrogen and oxygen atoms in total. The van der Waals surface area contributed by atoms with Crippen molar-refractivity contribution in [3.63, 3.8) is 0 Å². The monoisotopic (exact) mass is 680 g/mol. The molecule has 188 valence electrons. The normalized spacial score (nSPS) is 14.2. The number of pyridine rings is 1.